The Labute approximate surface area is 238 Å². The van der Waals surface area contributed by atoms with E-state index in [1.54, 1.807) is 41.2 Å². The first kappa shape index (κ1) is 27.9. The van der Waals surface area contributed by atoms with Crippen LogP contribution in [0.2, 0.25) is 0 Å². The molecule has 0 fully saturated rings. The molecule has 210 valence electrons. The summed E-state index contributed by atoms with van der Waals surface area (Å²) in [7, 11) is 3.59. The summed E-state index contributed by atoms with van der Waals surface area (Å²) in [5, 5.41) is 0. The molecule has 8 heteroatoms. The summed E-state index contributed by atoms with van der Waals surface area (Å²) in [6, 6.07) is 26.1. The van der Waals surface area contributed by atoms with Crippen LogP contribution in [-0.4, -0.2) is 40.6 Å². The van der Waals surface area contributed by atoms with E-state index in [-0.39, 0.29) is 24.5 Å². The van der Waals surface area contributed by atoms with Crippen molar-refractivity contribution in [1.82, 2.24) is 13.9 Å². The van der Waals surface area contributed by atoms with E-state index in [1.165, 1.54) is 12.3 Å². The molecule has 0 spiro atoms. The van der Waals surface area contributed by atoms with Crippen molar-refractivity contribution in [2.75, 3.05) is 20.8 Å². The molecule has 0 radical (unpaired) electrons. The summed E-state index contributed by atoms with van der Waals surface area (Å²) in [6.07, 6.45) is 1.47. The molecule has 0 bridgehead atoms. The van der Waals surface area contributed by atoms with E-state index < -0.39 is 11.5 Å². The summed E-state index contributed by atoms with van der Waals surface area (Å²) in [5.74, 6) is -0.374. The molecule has 0 aliphatic heterocycles. The van der Waals surface area contributed by atoms with E-state index in [2.05, 4.69) is 17.0 Å². The predicted octanol–water partition coefficient (Wildman–Crippen LogP) is 5.77. The van der Waals surface area contributed by atoms with Gasteiger partial charge in [0.2, 0.25) is 0 Å². The number of rotatable bonds is 10. The number of carbonyl (C=O) groups excluding carboxylic acids is 1. The fraction of sp³-hybridized carbons (Fsp3) is 0.212. The maximum Gasteiger partial charge on any atom is 0.345 e. The number of nitrogens with zero attached hydrogens (tertiary/aromatic N) is 3. The van der Waals surface area contributed by atoms with Gasteiger partial charge >= 0.3 is 5.97 Å². The molecule has 2 heterocycles. The van der Waals surface area contributed by atoms with Gasteiger partial charge < -0.3 is 14.0 Å². The first-order valence-electron chi connectivity index (χ1n) is 13.4. The van der Waals surface area contributed by atoms with Gasteiger partial charge in [-0.25, -0.2) is 9.18 Å². The van der Waals surface area contributed by atoms with Crippen LogP contribution >= 0.6 is 0 Å². The lowest BCUT2D eigenvalue weighted by molar-refractivity contribution is 0.0523. The third kappa shape index (κ3) is 5.93. The van der Waals surface area contributed by atoms with Gasteiger partial charge in [-0.05, 0) is 49.4 Å². The molecule has 0 aliphatic carbocycles. The minimum absolute atomic E-state index is 0.112. The molecule has 5 aromatic rings. The van der Waals surface area contributed by atoms with E-state index in [0.717, 1.165) is 16.7 Å². The number of fused-ring (bicyclic) bond motifs is 1. The number of benzene rings is 3. The van der Waals surface area contributed by atoms with Gasteiger partial charge in [0.15, 0.2) is 0 Å². The van der Waals surface area contributed by atoms with Gasteiger partial charge in [-0.2, -0.15) is 0 Å². The maximum atomic E-state index is 14.7. The van der Waals surface area contributed by atoms with Crippen molar-refractivity contribution >= 4 is 11.6 Å². The van der Waals surface area contributed by atoms with E-state index in [0.29, 0.717) is 35.7 Å². The number of esters is 1. The predicted molar refractivity (Wildman–Crippen MR) is 157 cm³/mol. The van der Waals surface area contributed by atoms with Crippen molar-refractivity contribution in [1.29, 1.82) is 0 Å². The molecule has 5 rings (SSSR count). The number of methoxy groups -OCH3 is 1. The van der Waals surface area contributed by atoms with Crippen molar-refractivity contribution in [3.05, 3.63) is 130 Å². The Morgan fingerprint density at radius 3 is 2.34 bits per heavy atom. The number of hydrogen-bond donors (Lipinski definition) is 0. The Kier molecular flexibility index (Phi) is 8.31. The van der Waals surface area contributed by atoms with Crippen LogP contribution in [0.1, 0.15) is 34.1 Å². The zero-order valence-electron chi connectivity index (χ0n) is 23.3. The lowest BCUT2D eigenvalue weighted by Crippen LogP contribution is -2.29. The molecule has 0 atom stereocenters. The first-order valence-corrected chi connectivity index (χ1v) is 13.4. The molecule has 2 aromatic heterocycles. The van der Waals surface area contributed by atoms with E-state index in [1.807, 2.05) is 55.6 Å². The number of carbonyl (C=O) groups is 1. The van der Waals surface area contributed by atoms with Gasteiger partial charge in [-0.1, -0.05) is 60.7 Å². The second kappa shape index (κ2) is 12.2. The Morgan fingerprint density at radius 1 is 0.951 bits per heavy atom. The van der Waals surface area contributed by atoms with Gasteiger partial charge in [-0.15, -0.1) is 0 Å². The summed E-state index contributed by atoms with van der Waals surface area (Å²) in [6.45, 7) is 2.99. The molecule has 0 saturated carbocycles. The summed E-state index contributed by atoms with van der Waals surface area (Å²) in [5.41, 5.74) is 3.93. The third-order valence-electron chi connectivity index (χ3n) is 7.01. The SMILES string of the molecule is CCOC(=O)c1cn(Cc2ccccc2F)c2cc(-c3ccc(OC)cc3)c(CN(C)Cc3ccccc3)n2c1=O. The standard InChI is InChI=1S/C33H32FN3O4/c1-4-41-33(39)28-21-36(20-25-12-8-9-13-29(25)34)31-18-27(24-14-16-26(40-3)17-15-24)30(37(31)32(28)38)22-35(2)19-23-10-6-5-7-11-23/h5-18,21H,4,19-20,22H2,1-3H3. The lowest BCUT2D eigenvalue weighted by atomic mass is 10.1. The molecule has 0 N–H and O–H groups in total. The number of hydrogen-bond acceptors (Lipinski definition) is 5. The highest BCUT2D eigenvalue weighted by atomic mass is 19.1. The number of aromatic nitrogens is 2. The van der Waals surface area contributed by atoms with Crippen molar-refractivity contribution < 1.29 is 18.7 Å². The van der Waals surface area contributed by atoms with Crippen LogP contribution in [0.5, 0.6) is 5.75 Å². The molecule has 0 saturated heterocycles. The fourth-order valence-electron chi connectivity index (χ4n) is 5.04. The van der Waals surface area contributed by atoms with Crippen LogP contribution in [0, 0.1) is 5.82 Å². The molecule has 41 heavy (non-hydrogen) atoms. The van der Waals surface area contributed by atoms with Crippen LogP contribution in [0.3, 0.4) is 0 Å². The highest BCUT2D eigenvalue weighted by Gasteiger charge is 2.23. The lowest BCUT2D eigenvalue weighted by Gasteiger charge is -2.19. The van der Waals surface area contributed by atoms with Crippen LogP contribution < -0.4 is 10.3 Å². The van der Waals surface area contributed by atoms with Gasteiger partial charge in [0, 0.05) is 36.1 Å². The molecule has 7 nitrogen and oxygen atoms in total. The maximum absolute atomic E-state index is 14.7. The molecule has 0 aliphatic rings. The fourth-order valence-corrected chi connectivity index (χ4v) is 5.04. The van der Waals surface area contributed by atoms with Crippen molar-refractivity contribution in [3.8, 4) is 16.9 Å². The van der Waals surface area contributed by atoms with Crippen LogP contribution in [-0.2, 0) is 24.4 Å². The largest absolute Gasteiger partial charge is 0.497 e. The molecule has 0 unspecified atom stereocenters. The van der Waals surface area contributed by atoms with Crippen LogP contribution in [0.25, 0.3) is 16.8 Å². The molecule has 0 amide bonds. The van der Waals surface area contributed by atoms with Crippen LogP contribution in [0.4, 0.5) is 4.39 Å². The molecular formula is C33H32FN3O4. The van der Waals surface area contributed by atoms with Gasteiger partial charge in [0.05, 0.1) is 20.3 Å². The van der Waals surface area contributed by atoms with E-state index in [9.17, 15) is 14.0 Å². The Hall–Kier alpha value is -4.69. The summed E-state index contributed by atoms with van der Waals surface area (Å²) in [4.78, 5) is 29.0. The Bertz CT molecular complexity index is 1730. The topological polar surface area (TPSA) is 65.2 Å². The Morgan fingerprint density at radius 2 is 1.66 bits per heavy atom. The van der Waals surface area contributed by atoms with Gasteiger partial charge in [-0.3, -0.25) is 14.1 Å². The highest BCUT2D eigenvalue weighted by Crippen LogP contribution is 2.30. The monoisotopic (exact) mass is 553 g/mol. The second-order valence-corrected chi connectivity index (χ2v) is 9.87. The van der Waals surface area contributed by atoms with Gasteiger partial charge in [0.1, 0.15) is 22.8 Å². The minimum Gasteiger partial charge on any atom is -0.497 e. The van der Waals surface area contributed by atoms with Crippen LogP contribution in [0.15, 0.2) is 95.9 Å². The third-order valence-corrected chi connectivity index (χ3v) is 7.01. The normalized spacial score (nSPS) is 11.2. The van der Waals surface area contributed by atoms with E-state index >= 15 is 0 Å². The summed E-state index contributed by atoms with van der Waals surface area (Å²) >= 11 is 0. The highest BCUT2D eigenvalue weighted by molar-refractivity contribution is 5.89. The average Bonchev–Trinajstić information content (AvgIpc) is 3.35. The first-order chi connectivity index (χ1) is 19.9. The summed E-state index contributed by atoms with van der Waals surface area (Å²) < 4.78 is 28.6. The Balaban J connectivity index is 1.73. The van der Waals surface area contributed by atoms with Crippen molar-refractivity contribution in [2.45, 2.75) is 26.6 Å². The minimum atomic E-state index is -0.718. The van der Waals surface area contributed by atoms with Gasteiger partial charge in [0.25, 0.3) is 5.56 Å². The number of halogens is 1. The van der Waals surface area contributed by atoms with Crippen molar-refractivity contribution in [2.24, 2.45) is 0 Å². The molecular weight excluding hydrogens is 521 g/mol. The quantitative estimate of drug-likeness (QED) is 0.206. The average molecular weight is 554 g/mol. The smallest absolute Gasteiger partial charge is 0.345 e. The van der Waals surface area contributed by atoms with Crippen molar-refractivity contribution in [3.63, 3.8) is 0 Å². The number of ether oxygens (including phenoxy) is 2. The molecule has 3 aromatic carbocycles. The van der Waals surface area contributed by atoms with E-state index in [4.69, 9.17) is 9.47 Å². The zero-order valence-corrected chi connectivity index (χ0v) is 23.3. The second-order valence-electron chi connectivity index (χ2n) is 9.87. The zero-order chi connectivity index (χ0) is 28.9.